The van der Waals surface area contributed by atoms with Gasteiger partial charge in [-0.3, -0.25) is 0 Å². The Morgan fingerprint density at radius 2 is 2.03 bits per heavy atom. The van der Waals surface area contributed by atoms with Crippen LogP contribution in [-0.4, -0.2) is 54.8 Å². The minimum Gasteiger partial charge on any atom is -0.493 e. The van der Waals surface area contributed by atoms with Crippen molar-refractivity contribution < 1.29 is 4.74 Å². The number of aromatic amines is 1. The summed E-state index contributed by atoms with van der Waals surface area (Å²) in [4.78, 5) is 9.09. The molecule has 33 heavy (non-hydrogen) atoms. The molecule has 0 aromatic carbocycles. The number of pyridine rings is 1. The number of hydrogen-bond acceptors (Lipinski definition) is 7. The van der Waals surface area contributed by atoms with Crippen molar-refractivity contribution in [3.8, 4) is 27.6 Å². The van der Waals surface area contributed by atoms with Crippen LogP contribution in [0.15, 0.2) is 30.9 Å². The number of nitrogens with zero attached hydrogens (tertiary/aromatic N) is 6. The van der Waals surface area contributed by atoms with Crippen LogP contribution in [0.3, 0.4) is 0 Å². The van der Waals surface area contributed by atoms with E-state index >= 15 is 0 Å². The van der Waals surface area contributed by atoms with Crippen LogP contribution in [0.2, 0.25) is 0 Å². The summed E-state index contributed by atoms with van der Waals surface area (Å²) in [6.45, 7) is 6.52. The van der Waals surface area contributed by atoms with Crippen LogP contribution in [0.4, 0.5) is 0 Å². The fraction of sp³-hybridized carbons (Fsp3) is 0.391. The zero-order chi connectivity index (χ0) is 22.5. The van der Waals surface area contributed by atoms with Crippen LogP contribution >= 0.6 is 11.3 Å². The average molecular weight is 463 g/mol. The third-order valence-corrected chi connectivity index (χ3v) is 7.57. The fourth-order valence-electron chi connectivity index (χ4n) is 4.73. The maximum atomic E-state index is 5.58. The van der Waals surface area contributed by atoms with E-state index in [1.807, 2.05) is 16.9 Å². The molecule has 0 spiro atoms. The fourth-order valence-corrected chi connectivity index (χ4v) is 5.99. The first-order chi connectivity index (χ1) is 16.1. The molecule has 0 radical (unpaired) electrons. The van der Waals surface area contributed by atoms with Gasteiger partial charge in [-0.25, -0.2) is 14.2 Å². The lowest BCUT2D eigenvalue weighted by atomic mass is 10.00. The predicted molar refractivity (Wildman–Crippen MR) is 129 cm³/mol. The Morgan fingerprint density at radius 3 is 2.82 bits per heavy atom. The van der Waals surface area contributed by atoms with Crippen molar-refractivity contribution in [1.29, 1.82) is 0 Å². The molecule has 5 aromatic rings. The van der Waals surface area contributed by atoms with E-state index < -0.39 is 0 Å². The van der Waals surface area contributed by atoms with Crippen molar-refractivity contribution in [2.24, 2.45) is 0 Å². The summed E-state index contributed by atoms with van der Waals surface area (Å²) < 4.78 is 10.6. The lowest BCUT2D eigenvalue weighted by Gasteiger charge is -2.22. The molecule has 1 fully saturated rings. The zero-order valence-corrected chi connectivity index (χ0v) is 19.7. The number of H-pyrrole nitrogens is 1. The first kappa shape index (κ1) is 20.4. The number of rotatable bonds is 5. The van der Waals surface area contributed by atoms with Crippen molar-refractivity contribution in [1.82, 2.24) is 39.9 Å². The zero-order valence-electron chi connectivity index (χ0n) is 18.9. The molecule has 10 heteroatoms. The molecule has 1 aliphatic heterocycles. The molecule has 6 rings (SSSR count). The van der Waals surface area contributed by atoms with Gasteiger partial charge in [0.25, 0.3) is 0 Å². The van der Waals surface area contributed by atoms with Crippen LogP contribution in [0.25, 0.3) is 37.7 Å². The molecule has 6 heterocycles. The van der Waals surface area contributed by atoms with Gasteiger partial charge in [0.2, 0.25) is 0 Å². The topological polar surface area (TPSA) is 97.9 Å². The van der Waals surface area contributed by atoms with E-state index in [0.29, 0.717) is 23.4 Å². The minimum absolute atomic E-state index is 0.336. The van der Waals surface area contributed by atoms with Crippen molar-refractivity contribution in [3.05, 3.63) is 36.4 Å². The van der Waals surface area contributed by atoms with Gasteiger partial charge in [-0.05, 0) is 49.5 Å². The summed E-state index contributed by atoms with van der Waals surface area (Å²) in [7, 11) is 1.66. The molecule has 0 bridgehead atoms. The molecule has 1 saturated heterocycles. The van der Waals surface area contributed by atoms with Crippen molar-refractivity contribution in [2.45, 2.75) is 38.6 Å². The summed E-state index contributed by atoms with van der Waals surface area (Å²) in [6, 6.07) is 4.64. The monoisotopic (exact) mass is 462 g/mol. The molecule has 0 amide bonds. The van der Waals surface area contributed by atoms with E-state index in [2.05, 4.69) is 56.8 Å². The van der Waals surface area contributed by atoms with Crippen LogP contribution in [0.5, 0.6) is 5.75 Å². The summed E-state index contributed by atoms with van der Waals surface area (Å²) in [5.74, 6) is 1.04. The van der Waals surface area contributed by atoms with Gasteiger partial charge in [-0.2, -0.15) is 5.10 Å². The highest BCUT2D eigenvalue weighted by Crippen LogP contribution is 2.43. The van der Waals surface area contributed by atoms with E-state index in [-0.39, 0.29) is 0 Å². The summed E-state index contributed by atoms with van der Waals surface area (Å²) in [5.41, 5.74) is 6.16. The van der Waals surface area contributed by atoms with E-state index in [0.717, 1.165) is 53.3 Å². The molecule has 9 nitrogen and oxygen atoms in total. The van der Waals surface area contributed by atoms with Crippen LogP contribution in [0, 0.1) is 0 Å². The van der Waals surface area contributed by atoms with E-state index in [1.165, 1.54) is 10.3 Å². The van der Waals surface area contributed by atoms with Gasteiger partial charge in [0.05, 0.1) is 40.1 Å². The second-order valence-corrected chi connectivity index (χ2v) is 9.86. The molecule has 0 aliphatic carbocycles. The molecule has 0 atom stereocenters. The average Bonchev–Trinajstić information content (AvgIpc) is 3.60. The number of hydrogen-bond donors (Lipinski definition) is 2. The minimum atomic E-state index is 0.336. The van der Waals surface area contributed by atoms with Crippen molar-refractivity contribution in [2.75, 3.05) is 20.2 Å². The molecule has 1 aliphatic rings. The molecule has 2 N–H and O–H groups in total. The Morgan fingerprint density at radius 1 is 1.18 bits per heavy atom. The number of methoxy groups -OCH3 is 1. The van der Waals surface area contributed by atoms with Crippen LogP contribution in [-0.2, 0) is 0 Å². The largest absolute Gasteiger partial charge is 0.493 e. The maximum absolute atomic E-state index is 5.58. The molecular weight excluding hydrogens is 436 g/mol. The lowest BCUT2D eigenvalue weighted by molar-refractivity contribution is 0.337. The second-order valence-electron chi connectivity index (χ2n) is 8.81. The Bertz CT molecular complexity index is 1440. The van der Waals surface area contributed by atoms with Gasteiger partial charge in [0.15, 0.2) is 11.4 Å². The molecular formula is C23H26N8OS. The van der Waals surface area contributed by atoms with Gasteiger partial charge in [-0.1, -0.05) is 19.1 Å². The number of aromatic nitrogens is 7. The number of nitrogens with one attached hydrogen (secondary N) is 2. The van der Waals surface area contributed by atoms with Crippen LogP contribution < -0.4 is 10.1 Å². The van der Waals surface area contributed by atoms with Crippen molar-refractivity contribution >= 4 is 27.2 Å². The first-order valence-corrected chi connectivity index (χ1v) is 12.1. The van der Waals surface area contributed by atoms with E-state index in [9.17, 15) is 0 Å². The highest BCUT2D eigenvalue weighted by molar-refractivity contribution is 7.22. The highest BCUT2D eigenvalue weighted by atomic mass is 32.1. The maximum Gasteiger partial charge on any atom is 0.197 e. The smallest absolute Gasteiger partial charge is 0.197 e. The Balaban J connectivity index is 1.42. The molecule has 5 aromatic heterocycles. The van der Waals surface area contributed by atoms with Crippen LogP contribution in [0.1, 0.15) is 44.2 Å². The Hall–Kier alpha value is -3.24. The molecule has 0 unspecified atom stereocenters. The normalized spacial score (nSPS) is 15.3. The van der Waals surface area contributed by atoms with Gasteiger partial charge in [0, 0.05) is 11.8 Å². The summed E-state index contributed by atoms with van der Waals surface area (Å²) in [5, 5.41) is 16.7. The van der Waals surface area contributed by atoms with Crippen molar-refractivity contribution in [3.63, 3.8) is 0 Å². The SMILES string of the molecule is COc1cc(-c2[nH]c3cc(-c4cn(C5CCNCC5)nn4)sc3c2C(C)C)cn2ncnc12. The first-order valence-electron chi connectivity index (χ1n) is 11.3. The highest BCUT2D eigenvalue weighted by Gasteiger charge is 2.22. The Labute approximate surface area is 194 Å². The number of thiophene rings is 1. The molecule has 170 valence electrons. The van der Waals surface area contributed by atoms with Gasteiger partial charge in [-0.15, -0.1) is 16.4 Å². The second kappa shape index (κ2) is 7.96. The number of piperidine rings is 1. The van der Waals surface area contributed by atoms with E-state index in [1.54, 1.807) is 29.3 Å². The predicted octanol–water partition coefficient (Wildman–Crippen LogP) is 4.25. The third kappa shape index (κ3) is 3.41. The number of fused-ring (bicyclic) bond motifs is 2. The third-order valence-electron chi connectivity index (χ3n) is 6.38. The van der Waals surface area contributed by atoms with E-state index in [4.69, 9.17) is 4.74 Å². The standard InChI is InChI=1S/C23H26N8OS/c1-13(2)20-21(14-8-18(32-3)23-25-12-26-31(23)10-14)27-16-9-19(33-22(16)20)17-11-30(29-28-17)15-4-6-24-7-5-15/h8-13,15,24,27H,4-7H2,1-3H3. The summed E-state index contributed by atoms with van der Waals surface area (Å²) in [6.07, 6.45) is 7.82. The Kier molecular flexibility index (Phi) is 4.92. The molecule has 0 saturated carbocycles. The van der Waals surface area contributed by atoms with Gasteiger partial charge >= 0.3 is 0 Å². The van der Waals surface area contributed by atoms with Gasteiger partial charge in [0.1, 0.15) is 12.0 Å². The lowest BCUT2D eigenvalue weighted by Crippen LogP contribution is -2.29. The quantitative estimate of drug-likeness (QED) is 0.405. The van der Waals surface area contributed by atoms with Gasteiger partial charge < -0.3 is 15.0 Å². The number of ether oxygens (including phenoxy) is 1. The summed E-state index contributed by atoms with van der Waals surface area (Å²) >= 11 is 1.77.